The normalized spacial score (nSPS) is 47.9. The van der Waals surface area contributed by atoms with Gasteiger partial charge in [-0.25, -0.2) is 9.59 Å². The van der Waals surface area contributed by atoms with Crippen molar-refractivity contribution in [3.05, 3.63) is 0 Å². The van der Waals surface area contributed by atoms with Crippen LogP contribution in [-0.4, -0.2) is 40.1 Å². The van der Waals surface area contributed by atoms with Crippen LogP contribution < -0.4 is 0 Å². The molecule has 0 bridgehead atoms. The minimum absolute atomic E-state index is 0.198. The maximum Gasteiger partial charge on any atom is 0.336 e. The average molecular weight is 519 g/mol. The summed E-state index contributed by atoms with van der Waals surface area (Å²) < 4.78 is 11.9. The van der Waals surface area contributed by atoms with E-state index in [0.29, 0.717) is 30.1 Å². The van der Waals surface area contributed by atoms with Crippen molar-refractivity contribution in [2.75, 3.05) is 0 Å². The van der Waals surface area contributed by atoms with Crippen LogP contribution in [0, 0.1) is 52.3 Å². The van der Waals surface area contributed by atoms with E-state index in [1.54, 1.807) is 0 Å². The van der Waals surface area contributed by atoms with Crippen molar-refractivity contribution in [3.63, 3.8) is 0 Å². The van der Waals surface area contributed by atoms with Gasteiger partial charge in [0.1, 0.15) is 0 Å². The number of carboxylic acid groups (broad SMARTS) is 2. The van der Waals surface area contributed by atoms with Crippen LogP contribution in [-0.2, 0) is 19.1 Å². The van der Waals surface area contributed by atoms with Gasteiger partial charge in [0.15, 0.2) is 18.0 Å². The molecule has 10 atom stereocenters. The molecule has 4 aliphatic carbocycles. The number of fused-ring (bicyclic) bond motifs is 5. The molecule has 1 spiro atoms. The van der Waals surface area contributed by atoms with Crippen molar-refractivity contribution in [1.82, 2.24) is 0 Å². The minimum Gasteiger partial charge on any atom is -0.479 e. The van der Waals surface area contributed by atoms with Gasteiger partial charge < -0.3 is 19.7 Å². The molecule has 0 radical (unpaired) electrons. The number of carboxylic acids is 2. The molecule has 6 nitrogen and oxygen atoms in total. The third-order valence-corrected chi connectivity index (χ3v) is 12.3. The smallest absolute Gasteiger partial charge is 0.336 e. The standard InChI is InChI=1S/C31H50O6/c1-18(2)7-6-8-19(3)22-11-12-23-21-10-9-20-17-31(36-25(27(32)33)26(37-31)28(34)35)16-15-29(20,4)24(21)13-14-30(22,23)5/h18-26H,6-17H2,1-5H3,(H,32,33)(H,34,35)/t19-,20?,21?,22-,23?,24?,25?,26?,29+,30-,31?/m1/s1. The molecule has 0 aromatic carbocycles. The Morgan fingerprint density at radius 3 is 2.08 bits per heavy atom. The Kier molecular flexibility index (Phi) is 7.26. The lowest BCUT2D eigenvalue weighted by Gasteiger charge is -2.62. The summed E-state index contributed by atoms with van der Waals surface area (Å²) in [7, 11) is 0. The third-order valence-electron chi connectivity index (χ3n) is 12.3. The van der Waals surface area contributed by atoms with Crippen LogP contribution in [0.3, 0.4) is 0 Å². The second kappa shape index (κ2) is 9.80. The predicted molar refractivity (Wildman–Crippen MR) is 141 cm³/mol. The molecule has 0 aromatic heterocycles. The summed E-state index contributed by atoms with van der Waals surface area (Å²) in [5.74, 6) is 1.60. The fraction of sp³-hybridized carbons (Fsp3) is 0.935. The van der Waals surface area contributed by atoms with E-state index in [-0.39, 0.29) is 5.41 Å². The molecule has 0 aromatic rings. The van der Waals surface area contributed by atoms with Gasteiger partial charge in [0.25, 0.3) is 0 Å². The zero-order valence-electron chi connectivity index (χ0n) is 23.7. The van der Waals surface area contributed by atoms with Crippen molar-refractivity contribution < 1.29 is 29.3 Å². The van der Waals surface area contributed by atoms with Gasteiger partial charge in [-0.15, -0.1) is 0 Å². The van der Waals surface area contributed by atoms with Crippen LogP contribution in [0.4, 0.5) is 0 Å². The molecular weight excluding hydrogens is 468 g/mol. The molecule has 0 amide bonds. The molecule has 1 saturated heterocycles. The predicted octanol–water partition coefficient (Wildman–Crippen LogP) is 6.76. The van der Waals surface area contributed by atoms with E-state index < -0.39 is 29.9 Å². The Balaban J connectivity index is 1.28. The molecule has 5 aliphatic rings. The Labute approximate surface area is 223 Å². The molecule has 5 fully saturated rings. The quantitative estimate of drug-likeness (QED) is 0.387. The Morgan fingerprint density at radius 2 is 1.46 bits per heavy atom. The first-order valence-corrected chi connectivity index (χ1v) is 15.2. The van der Waals surface area contributed by atoms with Crippen molar-refractivity contribution in [2.24, 2.45) is 52.3 Å². The Morgan fingerprint density at radius 1 is 0.811 bits per heavy atom. The molecule has 210 valence electrons. The van der Waals surface area contributed by atoms with Gasteiger partial charge in [-0.05, 0) is 97.2 Å². The first kappa shape index (κ1) is 27.4. The van der Waals surface area contributed by atoms with Crippen LogP contribution in [0.5, 0.6) is 0 Å². The van der Waals surface area contributed by atoms with E-state index in [4.69, 9.17) is 9.47 Å². The van der Waals surface area contributed by atoms with E-state index in [1.165, 1.54) is 51.4 Å². The van der Waals surface area contributed by atoms with Gasteiger partial charge in [-0.1, -0.05) is 53.9 Å². The van der Waals surface area contributed by atoms with Crippen molar-refractivity contribution in [1.29, 1.82) is 0 Å². The minimum atomic E-state index is -1.42. The Bertz CT molecular complexity index is 863. The van der Waals surface area contributed by atoms with Gasteiger partial charge >= 0.3 is 11.9 Å². The van der Waals surface area contributed by atoms with Gasteiger partial charge in [-0.2, -0.15) is 0 Å². The molecule has 2 N–H and O–H groups in total. The highest BCUT2D eigenvalue weighted by Gasteiger charge is 2.64. The molecule has 1 heterocycles. The van der Waals surface area contributed by atoms with Gasteiger partial charge in [0, 0.05) is 12.8 Å². The molecule has 1 aliphatic heterocycles. The van der Waals surface area contributed by atoms with Crippen LogP contribution in [0.25, 0.3) is 0 Å². The van der Waals surface area contributed by atoms with E-state index in [1.807, 2.05) is 0 Å². The van der Waals surface area contributed by atoms with E-state index in [9.17, 15) is 19.8 Å². The fourth-order valence-electron chi connectivity index (χ4n) is 10.4. The maximum absolute atomic E-state index is 11.7. The summed E-state index contributed by atoms with van der Waals surface area (Å²) in [6.45, 7) is 12.3. The largest absolute Gasteiger partial charge is 0.479 e. The summed E-state index contributed by atoms with van der Waals surface area (Å²) in [5.41, 5.74) is 0.668. The van der Waals surface area contributed by atoms with E-state index in [0.717, 1.165) is 42.4 Å². The van der Waals surface area contributed by atoms with Crippen LogP contribution in [0.2, 0.25) is 0 Å². The SMILES string of the molecule is CC(C)CCC[C@@H](C)[C@H]1CCC2C3CCC4CC5(CC[C@]4(C)C3CC[C@@]21C)OC(C(=O)O)C(C(=O)O)O5. The van der Waals surface area contributed by atoms with Gasteiger partial charge in [-0.3, -0.25) is 0 Å². The van der Waals surface area contributed by atoms with Crippen LogP contribution in [0.1, 0.15) is 112 Å². The number of aliphatic carboxylic acids is 2. The fourth-order valence-corrected chi connectivity index (χ4v) is 10.4. The Hall–Kier alpha value is -1.14. The lowest BCUT2D eigenvalue weighted by Crippen LogP contribution is -2.56. The van der Waals surface area contributed by atoms with Crippen molar-refractivity contribution >= 4 is 11.9 Å². The topological polar surface area (TPSA) is 93.1 Å². The molecule has 4 saturated carbocycles. The van der Waals surface area contributed by atoms with Crippen molar-refractivity contribution in [2.45, 2.75) is 130 Å². The summed E-state index contributed by atoms with van der Waals surface area (Å²) >= 11 is 0. The highest BCUT2D eigenvalue weighted by Crippen LogP contribution is 2.69. The van der Waals surface area contributed by atoms with Crippen molar-refractivity contribution in [3.8, 4) is 0 Å². The number of hydrogen-bond acceptors (Lipinski definition) is 4. The lowest BCUT2D eigenvalue weighted by molar-refractivity contribution is -0.242. The summed E-state index contributed by atoms with van der Waals surface area (Å²) in [6, 6.07) is 0. The number of carbonyl (C=O) groups is 2. The average Bonchev–Trinajstić information content (AvgIpc) is 3.38. The first-order chi connectivity index (χ1) is 17.4. The summed E-state index contributed by atoms with van der Waals surface area (Å²) in [4.78, 5) is 23.4. The second-order valence-electron chi connectivity index (χ2n) is 14.6. The summed E-state index contributed by atoms with van der Waals surface area (Å²) in [5, 5.41) is 19.1. The monoisotopic (exact) mass is 518 g/mol. The van der Waals surface area contributed by atoms with Crippen LogP contribution in [0.15, 0.2) is 0 Å². The van der Waals surface area contributed by atoms with Gasteiger partial charge in [0.2, 0.25) is 0 Å². The number of hydrogen-bond donors (Lipinski definition) is 2. The molecule has 5 rings (SSSR count). The van der Waals surface area contributed by atoms with Crippen LogP contribution >= 0.6 is 0 Å². The second-order valence-corrected chi connectivity index (χ2v) is 14.6. The number of ether oxygens (including phenoxy) is 2. The molecule has 6 heteroatoms. The zero-order valence-corrected chi connectivity index (χ0v) is 23.7. The van der Waals surface area contributed by atoms with E-state index >= 15 is 0 Å². The molecular formula is C31H50O6. The summed E-state index contributed by atoms with van der Waals surface area (Å²) in [6.07, 6.45) is 11.1. The van der Waals surface area contributed by atoms with Gasteiger partial charge in [0.05, 0.1) is 0 Å². The number of rotatable bonds is 7. The molecule has 37 heavy (non-hydrogen) atoms. The maximum atomic E-state index is 11.7. The highest BCUT2D eigenvalue weighted by atomic mass is 16.8. The third kappa shape index (κ3) is 4.56. The molecule has 6 unspecified atom stereocenters. The lowest BCUT2D eigenvalue weighted by atomic mass is 9.44. The first-order valence-electron chi connectivity index (χ1n) is 15.2. The zero-order chi connectivity index (χ0) is 26.8. The highest BCUT2D eigenvalue weighted by molar-refractivity contribution is 5.84. The van der Waals surface area contributed by atoms with E-state index in [2.05, 4.69) is 34.6 Å².